The first-order valence-electron chi connectivity index (χ1n) is 3.97. The van der Waals surface area contributed by atoms with E-state index in [0.29, 0.717) is 6.04 Å². The molecule has 1 saturated heterocycles. The van der Waals surface area contributed by atoms with Crippen LogP contribution in [0.15, 0.2) is 0 Å². The van der Waals surface area contributed by atoms with Crippen molar-refractivity contribution < 1.29 is 0 Å². The fraction of sp³-hybridized carbons (Fsp3) is 1.00. The summed E-state index contributed by atoms with van der Waals surface area (Å²) in [5, 5.41) is 5.49. The van der Waals surface area contributed by atoms with Crippen molar-refractivity contribution in [3.8, 4) is 0 Å². The molecule has 1 atom stereocenters. The van der Waals surface area contributed by atoms with Gasteiger partial charge in [-0.2, -0.15) is 0 Å². The molecule has 2 N–H and O–H groups in total. The molecule has 0 radical (unpaired) electrons. The van der Waals surface area contributed by atoms with Crippen LogP contribution in [-0.2, 0) is 0 Å². The number of hydrogen-bond donors (Lipinski definition) is 2. The molecule has 0 unspecified atom stereocenters. The Balaban J connectivity index is 2.27. The summed E-state index contributed by atoms with van der Waals surface area (Å²) in [6.45, 7) is 2.30. The van der Waals surface area contributed by atoms with Crippen LogP contribution in [-0.4, -0.2) is 38.2 Å². The standard InChI is InChI=1S/C7H17N3/c1-8-6-7-4-3-5-10(7)9-2/h7-9H,3-6H2,1-2H3/t7-/m1/s1. The molecule has 10 heavy (non-hydrogen) atoms. The van der Waals surface area contributed by atoms with Crippen LogP contribution < -0.4 is 10.7 Å². The van der Waals surface area contributed by atoms with E-state index in [9.17, 15) is 0 Å². The Bertz CT molecular complexity index is 94.9. The van der Waals surface area contributed by atoms with E-state index < -0.39 is 0 Å². The van der Waals surface area contributed by atoms with Crippen molar-refractivity contribution in [1.29, 1.82) is 0 Å². The van der Waals surface area contributed by atoms with Gasteiger partial charge < -0.3 is 5.32 Å². The maximum absolute atomic E-state index is 3.19. The predicted molar refractivity (Wildman–Crippen MR) is 42.7 cm³/mol. The number of rotatable bonds is 3. The van der Waals surface area contributed by atoms with Crippen molar-refractivity contribution in [2.24, 2.45) is 0 Å². The number of hydrazine groups is 1. The zero-order valence-corrected chi connectivity index (χ0v) is 6.85. The van der Waals surface area contributed by atoms with Gasteiger partial charge in [0.25, 0.3) is 0 Å². The second-order valence-electron chi connectivity index (χ2n) is 2.77. The molecular formula is C7H17N3. The number of nitrogens with zero attached hydrogens (tertiary/aromatic N) is 1. The van der Waals surface area contributed by atoms with Gasteiger partial charge in [-0.05, 0) is 26.9 Å². The number of likely N-dealkylation sites (N-methyl/N-ethyl adjacent to an activating group) is 1. The molecule has 1 heterocycles. The van der Waals surface area contributed by atoms with Gasteiger partial charge in [0.1, 0.15) is 0 Å². The van der Waals surface area contributed by atoms with Crippen LogP contribution >= 0.6 is 0 Å². The Morgan fingerprint density at radius 2 is 2.30 bits per heavy atom. The lowest BCUT2D eigenvalue weighted by Gasteiger charge is -2.22. The van der Waals surface area contributed by atoms with Gasteiger partial charge in [0.05, 0.1) is 0 Å². The van der Waals surface area contributed by atoms with Crippen molar-refractivity contribution in [2.45, 2.75) is 18.9 Å². The summed E-state index contributed by atoms with van der Waals surface area (Å²) in [5.74, 6) is 0. The van der Waals surface area contributed by atoms with Gasteiger partial charge in [0.15, 0.2) is 0 Å². The highest BCUT2D eigenvalue weighted by atomic mass is 15.5. The highest BCUT2D eigenvalue weighted by Gasteiger charge is 2.21. The minimum atomic E-state index is 0.704. The Labute approximate surface area is 62.8 Å². The zero-order valence-electron chi connectivity index (χ0n) is 6.85. The SMILES string of the molecule is CNC[C@H]1CCCN1NC. The molecule has 3 heteroatoms. The first kappa shape index (κ1) is 7.98. The van der Waals surface area contributed by atoms with E-state index >= 15 is 0 Å². The average molecular weight is 143 g/mol. The summed E-state index contributed by atoms with van der Waals surface area (Å²) in [6, 6.07) is 0.704. The summed E-state index contributed by atoms with van der Waals surface area (Å²) in [4.78, 5) is 0. The van der Waals surface area contributed by atoms with Gasteiger partial charge in [-0.1, -0.05) is 0 Å². The minimum absolute atomic E-state index is 0.704. The molecule has 0 aliphatic carbocycles. The molecule has 1 fully saturated rings. The maximum atomic E-state index is 3.19. The summed E-state index contributed by atoms with van der Waals surface area (Å²) in [7, 11) is 4.00. The van der Waals surface area contributed by atoms with Crippen LogP contribution in [0.3, 0.4) is 0 Å². The van der Waals surface area contributed by atoms with Crippen LogP contribution in [0, 0.1) is 0 Å². The third-order valence-corrected chi connectivity index (χ3v) is 2.10. The molecule has 1 aliphatic heterocycles. The largest absolute Gasteiger partial charge is 0.318 e. The average Bonchev–Trinajstić information content (AvgIpc) is 2.36. The normalized spacial score (nSPS) is 27.6. The second kappa shape index (κ2) is 3.91. The molecule has 1 aliphatic rings. The third-order valence-electron chi connectivity index (χ3n) is 2.10. The van der Waals surface area contributed by atoms with E-state index in [-0.39, 0.29) is 0 Å². The summed E-state index contributed by atoms with van der Waals surface area (Å²) >= 11 is 0. The lowest BCUT2D eigenvalue weighted by Crippen LogP contribution is -2.43. The summed E-state index contributed by atoms with van der Waals surface area (Å²) in [6.07, 6.45) is 2.65. The molecule has 0 saturated carbocycles. The lowest BCUT2D eigenvalue weighted by atomic mass is 10.2. The Morgan fingerprint density at radius 1 is 1.50 bits per heavy atom. The molecular weight excluding hydrogens is 126 g/mol. The fourth-order valence-electron chi connectivity index (χ4n) is 1.58. The summed E-state index contributed by atoms with van der Waals surface area (Å²) < 4.78 is 0. The quantitative estimate of drug-likeness (QED) is 0.573. The van der Waals surface area contributed by atoms with E-state index in [2.05, 4.69) is 15.8 Å². The molecule has 0 bridgehead atoms. The van der Waals surface area contributed by atoms with Crippen molar-refractivity contribution in [2.75, 3.05) is 27.2 Å². The van der Waals surface area contributed by atoms with Crippen LogP contribution in [0.25, 0.3) is 0 Å². The van der Waals surface area contributed by atoms with Crippen LogP contribution in [0.5, 0.6) is 0 Å². The Kier molecular flexibility index (Phi) is 3.12. The van der Waals surface area contributed by atoms with E-state index in [0.717, 1.165) is 6.54 Å². The first-order valence-corrected chi connectivity index (χ1v) is 3.97. The Morgan fingerprint density at radius 3 is 2.90 bits per heavy atom. The second-order valence-corrected chi connectivity index (χ2v) is 2.77. The van der Waals surface area contributed by atoms with Crippen LogP contribution in [0.4, 0.5) is 0 Å². The van der Waals surface area contributed by atoms with Crippen molar-refractivity contribution in [3.05, 3.63) is 0 Å². The topological polar surface area (TPSA) is 27.3 Å². The monoisotopic (exact) mass is 143 g/mol. The summed E-state index contributed by atoms with van der Waals surface area (Å²) in [5.41, 5.74) is 3.19. The van der Waals surface area contributed by atoms with Crippen molar-refractivity contribution in [3.63, 3.8) is 0 Å². The highest BCUT2D eigenvalue weighted by Crippen LogP contribution is 2.12. The number of nitrogens with one attached hydrogen (secondary N) is 2. The molecule has 0 aromatic rings. The first-order chi connectivity index (χ1) is 4.88. The smallest absolute Gasteiger partial charge is 0.0368 e. The van der Waals surface area contributed by atoms with Gasteiger partial charge in [-0.25, -0.2) is 5.01 Å². The third kappa shape index (κ3) is 1.68. The molecule has 3 nitrogen and oxygen atoms in total. The minimum Gasteiger partial charge on any atom is -0.318 e. The van der Waals surface area contributed by atoms with E-state index in [1.807, 2.05) is 14.1 Å². The molecule has 1 rings (SSSR count). The number of hydrogen-bond acceptors (Lipinski definition) is 3. The van der Waals surface area contributed by atoms with Gasteiger partial charge in [0, 0.05) is 19.1 Å². The van der Waals surface area contributed by atoms with Crippen molar-refractivity contribution in [1.82, 2.24) is 15.8 Å². The molecule has 0 aromatic carbocycles. The fourth-order valence-corrected chi connectivity index (χ4v) is 1.58. The zero-order chi connectivity index (χ0) is 7.40. The molecule has 60 valence electrons. The van der Waals surface area contributed by atoms with Gasteiger partial charge in [0.2, 0.25) is 0 Å². The molecule has 0 aromatic heterocycles. The van der Waals surface area contributed by atoms with Gasteiger partial charge in [-0.15, -0.1) is 0 Å². The molecule has 0 amide bonds. The highest BCUT2D eigenvalue weighted by molar-refractivity contribution is 4.76. The van der Waals surface area contributed by atoms with E-state index in [4.69, 9.17) is 0 Å². The Hall–Kier alpha value is -0.120. The lowest BCUT2D eigenvalue weighted by molar-refractivity contribution is 0.188. The van der Waals surface area contributed by atoms with Crippen LogP contribution in [0.2, 0.25) is 0 Å². The van der Waals surface area contributed by atoms with E-state index in [1.165, 1.54) is 19.4 Å². The van der Waals surface area contributed by atoms with E-state index in [1.54, 1.807) is 0 Å². The van der Waals surface area contributed by atoms with Crippen molar-refractivity contribution >= 4 is 0 Å². The van der Waals surface area contributed by atoms with Gasteiger partial charge in [-0.3, -0.25) is 5.43 Å². The predicted octanol–water partition coefficient (Wildman–Crippen LogP) is -0.195. The molecule has 0 spiro atoms. The maximum Gasteiger partial charge on any atom is 0.0368 e. The van der Waals surface area contributed by atoms with Gasteiger partial charge >= 0.3 is 0 Å². The van der Waals surface area contributed by atoms with Crippen LogP contribution in [0.1, 0.15) is 12.8 Å².